The van der Waals surface area contributed by atoms with Gasteiger partial charge in [-0.1, -0.05) is 42.5 Å². The third-order valence-corrected chi connectivity index (χ3v) is 9.24. The van der Waals surface area contributed by atoms with Crippen LogP contribution in [0, 0.1) is 5.82 Å². The average molecular weight is 490 g/mol. The van der Waals surface area contributed by atoms with E-state index in [4.69, 9.17) is 0 Å². The fraction of sp³-hybridized carbons (Fsp3) is 0.304. The molecule has 1 aromatic heterocycles. The Kier molecular flexibility index (Phi) is 6.35. The second-order valence-electron chi connectivity index (χ2n) is 8.25. The summed E-state index contributed by atoms with van der Waals surface area (Å²) in [5, 5.41) is 6.75. The molecule has 3 aromatic rings. The zero-order valence-electron chi connectivity index (χ0n) is 18.2. The molecule has 4 rings (SSSR count). The first-order chi connectivity index (χ1) is 15.6. The molecule has 1 fully saturated rings. The molecular weight excluding hydrogens is 465 g/mol. The smallest absolute Gasteiger partial charge is 0.221 e. The molecule has 174 valence electrons. The topological polar surface area (TPSA) is 97.3 Å². The molecule has 10 heteroatoms. The van der Waals surface area contributed by atoms with Crippen LogP contribution in [0.4, 0.5) is 4.39 Å². The van der Waals surface area contributed by atoms with Crippen molar-refractivity contribution < 1.29 is 21.2 Å². The summed E-state index contributed by atoms with van der Waals surface area (Å²) in [7, 11) is -7.16. The third-order valence-electron chi connectivity index (χ3n) is 5.89. The highest BCUT2D eigenvalue weighted by molar-refractivity contribution is 7.90. The molecule has 1 unspecified atom stereocenters. The maximum absolute atomic E-state index is 15.0. The number of aromatic nitrogens is 2. The fourth-order valence-electron chi connectivity index (χ4n) is 4.03. The van der Waals surface area contributed by atoms with E-state index in [2.05, 4.69) is 10.2 Å². The van der Waals surface area contributed by atoms with E-state index < -0.39 is 30.9 Å². The van der Waals surface area contributed by atoms with Gasteiger partial charge in [-0.3, -0.25) is 0 Å². The van der Waals surface area contributed by atoms with Gasteiger partial charge in [-0.05, 0) is 43.5 Å². The number of sulfone groups is 1. The quantitative estimate of drug-likeness (QED) is 0.542. The second-order valence-corrected chi connectivity index (χ2v) is 12.3. The standard InChI is InChI=1S/C23H24FN3O4S2/c1-16-8-12-22(17-6-4-3-5-7-17)33(30,31)27(16)15-19-10-9-18(14-20(19)24)21-11-13-23(26-25-21)32(2,28)29/h3-7,9-11,13-14,16,22H,8,12,15H2,1-2H3/t16-,22?/m0/s1. The summed E-state index contributed by atoms with van der Waals surface area (Å²) < 4.78 is 66.2. The number of sulfonamides is 1. The van der Waals surface area contributed by atoms with Crippen molar-refractivity contribution in [3.8, 4) is 11.3 Å². The van der Waals surface area contributed by atoms with Gasteiger partial charge in [0.15, 0.2) is 14.9 Å². The molecule has 2 atom stereocenters. The van der Waals surface area contributed by atoms with Gasteiger partial charge in [0.2, 0.25) is 10.0 Å². The molecule has 0 radical (unpaired) electrons. The van der Waals surface area contributed by atoms with Crippen LogP contribution in [-0.2, 0) is 26.4 Å². The van der Waals surface area contributed by atoms with Crippen molar-refractivity contribution in [3.63, 3.8) is 0 Å². The SMILES string of the molecule is C[C@H]1CCC(c2ccccc2)S(=O)(=O)N1Cc1ccc(-c2ccc(S(C)(=O)=O)nn2)cc1F. The first-order valence-electron chi connectivity index (χ1n) is 10.5. The highest BCUT2D eigenvalue weighted by atomic mass is 32.2. The predicted molar refractivity (Wildman–Crippen MR) is 123 cm³/mol. The lowest BCUT2D eigenvalue weighted by atomic mass is 10.0. The van der Waals surface area contributed by atoms with E-state index in [1.165, 1.54) is 28.6 Å². The van der Waals surface area contributed by atoms with E-state index in [1.54, 1.807) is 6.07 Å². The molecule has 2 heterocycles. The Bertz CT molecular complexity index is 1360. The lowest BCUT2D eigenvalue weighted by Crippen LogP contribution is -2.44. The van der Waals surface area contributed by atoms with Crippen LogP contribution in [0.1, 0.15) is 36.1 Å². The fourth-order valence-corrected chi connectivity index (χ4v) is 6.72. The summed E-state index contributed by atoms with van der Waals surface area (Å²) in [4.78, 5) is 0. The minimum Gasteiger partial charge on any atom is -0.222 e. The van der Waals surface area contributed by atoms with Crippen molar-refractivity contribution in [2.24, 2.45) is 0 Å². The van der Waals surface area contributed by atoms with Gasteiger partial charge in [0.25, 0.3) is 0 Å². The largest absolute Gasteiger partial charge is 0.222 e. The Hall–Kier alpha value is -2.69. The van der Waals surface area contributed by atoms with Crippen molar-refractivity contribution in [1.29, 1.82) is 0 Å². The second kappa shape index (κ2) is 8.92. The Morgan fingerprint density at radius 3 is 2.36 bits per heavy atom. The molecule has 1 saturated heterocycles. The number of hydrogen-bond donors (Lipinski definition) is 0. The Labute approximate surface area is 193 Å². The Morgan fingerprint density at radius 1 is 1.03 bits per heavy atom. The van der Waals surface area contributed by atoms with Crippen LogP contribution in [0.15, 0.2) is 65.7 Å². The molecule has 1 aliphatic heterocycles. The average Bonchev–Trinajstić information content (AvgIpc) is 2.77. The zero-order valence-corrected chi connectivity index (χ0v) is 19.9. The number of hydrogen-bond acceptors (Lipinski definition) is 6. The predicted octanol–water partition coefficient (Wildman–Crippen LogP) is 3.74. The van der Waals surface area contributed by atoms with Gasteiger partial charge in [-0.25, -0.2) is 21.2 Å². The number of benzene rings is 2. The molecular formula is C23H24FN3O4S2. The van der Waals surface area contributed by atoms with Gasteiger partial charge >= 0.3 is 0 Å². The Morgan fingerprint density at radius 2 is 1.76 bits per heavy atom. The Balaban J connectivity index is 1.60. The van der Waals surface area contributed by atoms with Crippen LogP contribution in [0.3, 0.4) is 0 Å². The summed E-state index contributed by atoms with van der Waals surface area (Å²) in [6.07, 6.45) is 2.23. The van der Waals surface area contributed by atoms with Crippen LogP contribution in [-0.4, -0.2) is 43.6 Å². The molecule has 0 N–H and O–H groups in total. The van der Waals surface area contributed by atoms with Gasteiger partial charge < -0.3 is 0 Å². The van der Waals surface area contributed by atoms with Gasteiger partial charge in [0.1, 0.15) is 11.1 Å². The van der Waals surface area contributed by atoms with Gasteiger partial charge in [0, 0.05) is 30.0 Å². The third kappa shape index (κ3) is 4.83. The summed E-state index contributed by atoms with van der Waals surface area (Å²) in [5.74, 6) is -0.564. The normalized spacial score (nSPS) is 21.1. The number of halogens is 1. The van der Waals surface area contributed by atoms with Crippen molar-refractivity contribution in [1.82, 2.24) is 14.5 Å². The summed E-state index contributed by atoms with van der Waals surface area (Å²) in [5.41, 5.74) is 1.72. The van der Waals surface area contributed by atoms with Crippen LogP contribution in [0.5, 0.6) is 0 Å². The highest BCUT2D eigenvalue weighted by Gasteiger charge is 2.40. The van der Waals surface area contributed by atoms with Crippen molar-refractivity contribution in [2.45, 2.75) is 42.6 Å². The van der Waals surface area contributed by atoms with Gasteiger partial charge in [0.05, 0.1) is 5.69 Å². The van der Waals surface area contributed by atoms with E-state index in [0.717, 1.165) is 11.8 Å². The van der Waals surface area contributed by atoms with E-state index >= 15 is 0 Å². The lowest BCUT2D eigenvalue weighted by molar-refractivity contribution is 0.279. The monoisotopic (exact) mass is 489 g/mol. The molecule has 0 bridgehead atoms. The summed E-state index contributed by atoms with van der Waals surface area (Å²) in [6, 6.07) is 16.0. The zero-order chi connectivity index (χ0) is 23.8. The number of rotatable bonds is 5. The van der Waals surface area contributed by atoms with E-state index in [-0.39, 0.29) is 23.2 Å². The minimum atomic E-state index is -3.68. The molecule has 2 aromatic carbocycles. The van der Waals surface area contributed by atoms with Crippen molar-refractivity contribution >= 4 is 19.9 Å². The van der Waals surface area contributed by atoms with Crippen molar-refractivity contribution in [2.75, 3.05) is 6.26 Å². The van der Waals surface area contributed by atoms with Crippen LogP contribution >= 0.6 is 0 Å². The van der Waals surface area contributed by atoms with E-state index in [9.17, 15) is 21.2 Å². The lowest BCUT2D eigenvalue weighted by Gasteiger charge is -2.37. The molecule has 0 amide bonds. The molecule has 7 nitrogen and oxygen atoms in total. The summed E-state index contributed by atoms with van der Waals surface area (Å²) >= 11 is 0. The summed E-state index contributed by atoms with van der Waals surface area (Å²) in [6.45, 7) is 1.77. The first-order valence-corrected chi connectivity index (χ1v) is 13.8. The molecule has 0 spiro atoms. The van der Waals surface area contributed by atoms with Crippen molar-refractivity contribution in [3.05, 3.63) is 77.6 Å². The highest BCUT2D eigenvalue weighted by Crippen LogP contribution is 2.38. The van der Waals surface area contributed by atoms with Crippen LogP contribution in [0.2, 0.25) is 0 Å². The van der Waals surface area contributed by atoms with Gasteiger partial charge in [-0.15, -0.1) is 10.2 Å². The molecule has 1 aliphatic rings. The molecule has 0 aliphatic carbocycles. The van der Waals surface area contributed by atoms with E-state index in [1.807, 2.05) is 37.3 Å². The maximum atomic E-state index is 15.0. The molecule has 33 heavy (non-hydrogen) atoms. The van der Waals surface area contributed by atoms with Crippen LogP contribution < -0.4 is 0 Å². The minimum absolute atomic E-state index is 0.0718. The number of nitrogens with zero attached hydrogens (tertiary/aromatic N) is 3. The molecule has 0 saturated carbocycles. The maximum Gasteiger partial charge on any atom is 0.221 e. The van der Waals surface area contributed by atoms with Crippen LogP contribution in [0.25, 0.3) is 11.3 Å². The van der Waals surface area contributed by atoms with Gasteiger partial charge in [-0.2, -0.15) is 4.31 Å². The first kappa shape index (κ1) is 23.5. The van der Waals surface area contributed by atoms with E-state index in [0.29, 0.717) is 24.1 Å².